The minimum atomic E-state index is 0.319. The van der Waals surface area contributed by atoms with Crippen LogP contribution in [0.25, 0.3) is 0 Å². The minimum absolute atomic E-state index is 0.319. The zero-order chi connectivity index (χ0) is 14.2. The van der Waals surface area contributed by atoms with E-state index < -0.39 is 0 Å². The van der Waals surface area contributed by atoms with E-state index in [1.54, 1.807) is 0 Å². The van der Waals surface area contributed by atoms with Gasteiger partial charge in [-0.25, -0.2) is 0 Å². The van der Waals surface area contributed by atoms with Crippen LogP contribution in [-0.4, -0.2) is 67.5 Å². The largest absolute Gasteiger partial charge is 0.379 e. The fourth-order valence-corrected chi connectivity index (χ4v) is 3.23. The van der Waals surface area contributed by atoms with E-state index in [-0.39, 0.29) is 0 Å². The molecule has 2 saturated heterocycles. The standard InChI is InChI=1S/C15H27ClN2O2/c16-6-2-1-3-15(19)18-7-4-14(5-8-18)13-17-9-11-20-12-10-17/h14H,1-13H2. The third-order valence-corrected chi connectivity index (χ3v) is 4.63. The van der Waals surface area contributed by atoms with Gasteiger partial charge < -0.3 is 9.64 Å². The number of halogens is 1. The number of ether oxygens (including phenoxy) is 1. The Morgan fingerprint density at radius 3 is 2.45 bits per heavy atom. The lowest BCUT2D eigenvalue weighted by Gasteiger charge is -2.36. The predicted octanol–water partition coefficient (Wildman–Crippen LogP) is 1.97. The zero-order valence-corrected chi connectivity index (χ0v) is 13.1. The molecule has 0 bridgehead atoms. The van der Waals surface area contributed by atoms with Gasteiger partial charge in [0.25, 0.3) is 0 Å². The number of alkyl halides is 1. The van der Waals surface area contributed by atoms with Gasteiger partial charge in [0, 0.05) is 45.0 Å². The molecule has 0 aromatic rings. The van der Waals surface area contributed by atoms with Gasteiger partial charge in [-0.2, -0.15) is 0 Å². The molecule has 0 aromatic carbocycles. The highest BCUT2D eigenvalue weighted by atomic mass is 35.5. The van der Waals surface area contributed by atoms with Gasteiger partial charge in [-0.05, 0) is 31.6 Å². The topological polar surface area (TPSA) is 32.8 Å². The van der Waals surface area contributed by atoms with Crippen LogP contribution in [0.15, 0.2) is 0 Å². The molecule has 116 valence electrons. The summed E-state index contributed by atoms with van der Waals surface area (Å²) in [6, 6.07) is 0. The summed E-state index contributed by atoms with van der Waals surface area (Å²) in [6.07, 6.45) is 4.84. The van der Waals surface area contributed by atoms with Gasteiger partial charge in [0.15, 0.2) is 0 Å². The Morgan fingerprint density at radius 2 is 1.80 bits per heavy atom. The van der Waals surface area contributed by atoms with Gasteiger partial charge in [0.1, 0.15) is 0 Å². The summed E-state index contributed by atoms with van der Waals surface area (Å²) >= 11 is 5.64. The first-order valence-corrected chi connectivity index (χ1v) is 8.47. The molecule has 0 unspecified atom stereocenters. The Labute approximate surface area is 127 Å². The van der Waals surface area contributed by atoms with Gasteiger partial charge in [0.05, 0.1) is 13.2 Å². The summed E-state index contributed by atoms with van der Waals surface area (Å²) in [4.78, 5) is 16.6. The highest BCUT2D eigenvalue weighted by Crippen LogP contribution is 2.20. The molecule has 0 aliphatic carbocycles. The van der Waals surface area contributed by atoms with Crippen molar-refractivity contribution in [2.24, 2.45) is 5.92 Å². The van der Waals surface area contributed by atoms with Gasteiger partial charge in [0.2, 0.25) is 5.91 Å². The first-order valence-electron chi connectivity index (χ1n) is 7.93. The minimum Gasteiger partial charge on any atom is -0.379 e. The van der Waals surface area contributed by atoms with Gasteiger partial charge in [-0.3, -0.25) is 9.69 Å². The molecule has 2 aliphatic rings. The average Bonchev–Trinajstić information content (AvgIpc) is 2.49. The molecular weight excluding hydrogens is 276 g/mol. The average molecular weight is 303 g/mol. The number of likely N-dealkylation sites (tertiary alicyclic amines) is 1. The third-order valence-electron chi connectivity index (χ3n) is 4.36. The Balaban J connectivity index is 1.62. The highest BCUT2D eigenvalue weighted by Gasteiger charge is 2.24. The van der Waals surface area contributed by atoms with Crippen molar-refractivity contribution in [3.63, 3.8) is 0 Å². The van der Waals surface area contributed by atoms with Crippen molar-refractivity contribution < 1.29 is 9.53 Å². The number of carbonyl (C=O) groups is 1. The second kappa shape index (κ2) is 8.85. The Bertz CT molecular complexity index is 288. The number of piperidine rings is 1. The molecular formula is C15H27ClN2O2. The van der Waals surface area contributed by atoms with Gasteiger partial charge in [-0.15, -0.1) is 11.6 Å². The molecule has 0 saturated carbocycles. The first-order chi connectivity index (χ1) is 9.79. The quantitative estimate of drug-likeness (QED) is 0.555. The maximum absolute atomic E-state index is 12.0. The van der Waals surface area contributed by atoms with Crippen LogP contribution in [0, 0.1) is 5.92 Å². The molecule has 0 N–H and O–H groups in total. The number of unbranched alkanes of at least 4 members (excludes halogenated alkanes) is 1. The fourth-order valence-electron chi connectivity index (χ4n) is 3.04. The molecule has 4 nitrogen and oxygen atoms in total. The molecule has 0 aromatic heterocycles. The van der Waals surface area contributed by atoms with Crippen LogP contribution >= 0.6 is 11.6 Å². The number of carbonyl (C=O) groups excluding carboxylic acids is 1. The molecule has 20 heavy (non-hydrogen) atoms. The summed E-state index contributed by atoms with van der Waals surface area (Å²) in [5, 5.41) is 0. The van der Waals surface area contributed by atoms with E-state index in [0.717, 1.165) is 71.0 Å². The van der Waals surface area contributed by atoms with E-state index in [9.17, 15) is 4.79 Å². The Hall–Kier alpha value is -0.320. The SMILES string of the molecule is O=C(CCCCCl)N1CCC(CN2CCOCC2)CC1. The van der Waals surface area contributed by atoms with Crippen molar-refractivity contribution in [2.45, 2.75) is 32.1 Å². The second-order valence-electron chi connectivity index (χ2n) is 5.88. The molecule has 1 amide bonds. The fraction of sp³-hybridized carbons (Fsp3) is 0.933. The summed E-state index contributed by atoms with van der Waals surface area (Å²) in [5.41, 5.74) is 0. The number of morpholine rings is 1. The molecule has 0 atom stereocenters. The van der Waals surface area contributed by atoms with Gasteiger partial charge in [-0.1, -0.05) is 0 Å². The van der Waals surface area contributed by atoms with Crippen LogP contribution in [0.2, 0.25) is 0 Å². The van der Waals surface area contributed by atoms with E-state index in [0.29, 0.717) is 18.2 Å². The van der Waals surface area contributed by atoms with Crippen molar-refractivity contribution >= 4 is 17.5 Å². The van der Waals surface area contributed by atoms with Crippen LogP contribution in [0.4, 0.5) is 0 Å². The smallest absolute Gasteiger partial charge is 0.222 e. The molecule has 0 radical (unpaired) electrons. The maximum Gasteiger partial charge on any atom is 0.222 e. The third kappa shape index (κ3) is 5.23. The monoisotopic (exact) mass is 302 g/mol. The van der Waals surface area contributed by atoms with E-state index in [1.165, 1.54) is 6.54 Å². The van der Waals surface area contributed by atoms with E-state index in [4.69, 9.17) is 16.3 Å². The second-order valence-corrected chi connectivity index (χ2v) is 6.26. The van der Waals surface area contributed by atoms with Crippen LogP contribution in [0.1, 0.15) is 32.1 Å². The maximum atomic E-state index is 12.0. The lowest BCUT2D eigenvalue weighted by molar-refractivity contribution is -0.132. The lowest BCUT2D eigenvalue weighted by atomic mass is 9.95. The van der Waals surface area contributed by atoms with Crippen molar-refractivity contribution in [2.75, 3.05) is 51.8 Å². The van der Waals surface area contributed by atoms with Gasteiger partial charge >= 0.3 is 0 Å². The lowest BCUT2D eigenvalue weighted by Crippen LogP contribution is -2.44. The normalized spacial score (nSPS) is 22.1. The summed E-state index contributed by atoms with van der Waals surface area (Å²) in [5.74, 6) is 1.73. The molecule has 2 fully saturated rings. The number of rotatable bonds is 6. The van der Waals surface area contributed by atoms with E-state index in [2.05, 4.69) is 4.90 Å². The first kappa shape index (κ1) is 16.1. The number of hydrogen-bond donors (Lipinski definition) is 0. The molecule has 0 spiro atoms. The van der Waals surface area contributed by atoms with Crippen molar-refractivity contribution in [3.05, 3.63) is 0 Å². The zero-order valence-electron chi connectivity index (χ0n) is 12.4. The van der Waals surface area contributed by atoms with Crippen molar-refractivity contribution in [1.29, 1.82) is 0 Å². The number of nitrogens with zero attached hydrogens (tertiary/aromatic N) is 2. The predicted molar refractivity (Wildman–Crippen MR) is 81.1 cm³/mol. The summed E-state index contributed by atoms with van der Waals surface area (Å²) in [6.45, 7) is 6.94. The van der Waals surface area contributed by atoms with Crippen LogP contribution in [-0.2, 0) is 9.53 Å². The van der Waals surface area contributed by atoms with Crippen LogP contribution in [0.3, 0.4) is 0 Å². The molecule has 2 aliphatic heterocycles. The molecule has 2 heterocycles. The highest BCUT2D eigenvalue weighted by molar-refractivity contribution is 6.17. The van der Waals surface area contributed by atoms with Crippen LogP contribution in [0.5, 0.6) is 0 Å². The number of amides is 1. The summed E-state index contributed by atoms with van der Waals surface area (Å²) in [7, 11) is 0. The Kier molecular flexibility index (Phi) is 7.11. The van der Waals surface area contributed by atoms with E-state index >= 15 is 0 Å². The Morgan fingerprint density at radius 1 is 1.10 bits per heavy atom. The van der Waals surface area contributed by atoms with Crippen molar-refractivity contribution in [1.82, 2.24) is 9.80 Å². The van der Waals surface area contributed by atoms with Crippen molar-refractivity contribution in [3.8, 4) is 0 Å². The van der Waals surface area contributed by atoms with Crippen LogP contribution < -0.4 is 0 Å². The summed E-state index contributed by atoms with van der Waals surface area (Å²) < 4.78 is 5.38. The number of hydrogen-bond acceptors (Lipinski definition) is 3. The molecule has 5 heteroatoms. The molecule has 2 rings (SSSR count). The van der Waals surface area contributed by atoms with E-state index in [1.807, 2.05) is 4.90 Å².